The standard InChI is InChI=1S/C32H39N3O4S/c1-24-18-19-29(22-25(24)2)35(40(38,39)30-16-8-5-9-17-30)23-31(36)34(21-20-27-12-6-4-7-13-27)26(3)32(37)33-28-14-10-11-15-28/h4-9,12-13,16-19,22,26,28H,10-11,14-15,20-21,23H2,1-3H3,(H,33,37). The lowest BCUT2D eigenvalue weighted by atomic mass is 10.1. The Morgan fingerprint density at radius 1 is 0.900 bits per heavy atom. The average Bonchev–Trinajstić information content (AvgIpc) is 3.47. The van der Waals surface area contributed by atoms with Crippen molar-refractivity contribution in [3.8, 4) is 0 Å². The lowest BCUT2D eigenvalue weighted by molar-refractivity contribution is -0.139. The Morgan fingerprint density at radius 3 is 2.15 bits per heavy atom. The molecule has 8 heteroatoms. The van der Waals surface area contributed by atoms with Gasteiger partial charge in [-0.05, 0) is 81.0 Å². The van der Waals surface area contributed by atoms with Crippen molar-refractivity contribution in [2.24, 2.45) is 0 Å². The summed E-state index contributed by atoms with van der Waals surface area (Å²) in [5, 5.41) is 3.10. The average molecular weight is 562 g/mol. The van der Waals surface area contributed by atoms with Gasteiger partial charge in [0.15, 0.2) is 0 Å². The number of nitrogens with one attached hydrogen (secondary N) is 1. The topological polar surface area (TPSA) is 86.8 Å². The van der Waals surface area contributed by atoms with E-state index < -0.39 is 28.5 Å². The molecule has 1 aliphatic rings. The van der Waals surface area contributed by atoms with Gasteiger partial charge in [0.1, 0.15) is 12.6 Å². The number of aryl methyl sites for hydroxylation is 2. The van der Waals surface area contributed by atoms with E-state index >= 15 is 0 Å². The minimum absolute atomic E-state index is 0.101. The fraction of sp³-hybridized carbons (Fsp3) is 0.375. The Labute approximate surface area is 238 Å². The third-order valence-electron chi connectivity index (χ3n) is 7.74. The Morgan fingerprint density at radius 2 is 1.52 bits per heavy atom. The van der Waals surface area contributed by atoms with E-state index in [1.165, 1.54) is 17.0 Å². The van der Waals surface area contributed by atoms with Crippen molar-refractivity contribution >= 4 is 27.5 Å². The summed E-state index contributed by atoms with van der Waals surface area (Å²) in [4.78, 5) is 28.9. The summed E-state index contributed by atoms with van der Waals surface area (Å²) in [5.41, 5.74) is 3.38. The van der Waals surface area contributed by atoms with E-state index in [0.29, 0.717) is 12.1 Å². The number of nitrogens with zero attached hydrogens (tertiary/aromatic N) is 2. The second-order valence-corrected chi connectivity index (χ2v) is 12.4. The minimum Gasteiger partial charge on any atom is -0.352 e. The van der Waals surface area contributed by atoms with Gasteiger partial charge in [-0.25, -0.2) is 8.42 Å². The second kappa shape index (κ2) is 13.1. The van der Waals surface area contributed by atoms with E-state index in [1.54, 1.807) is 37.3 Å². The molecular weight excluding hydrogens is 522 g/mol. The molecule has 1 aliphatic carbocycles. The van der Waals surface area contributed by atoms with Gasteiger partial charge < -0.3 is 10.2 Å². The van der Waals surface area contributed by atoms with Crippen LogP contribution < -0.4 is 9.62 Å². The summed E-state index contributed by atoms with van der Waals surface area (Å²) in [6.45, 7) is 5.45. The normalized spacial score (nSPS) is 14.5. The van der Waals surface area contributed by atoms with Crippen molar-refractivity contribution in [3.63, 3.8) is 0 Å². The summed E-state index contributed by atoms with van der Waals surface area (Å²) in [6, 6.07) is 22.6. The molecule has 0 aromatic heterocycles. The first-order chi connectivity index (χ1) is 19.2. The van der Waals surface area contributed by atoms with Gasteiger partial charge in [0.2, 0.25) is 11.8 Å². The monoisotopic (exact) mass is 561 g/mol. The molecule has 0 saturated heterocycles. The maximum Gasteiger partial charge on any atom is 0.264 e. The van der Waals surface area contributed by atoms with Crippen molar-refractivity contribution in [2.75, 3.05) is 17.4 Å². The van der Waals surface area contributed by atoms with Crippen LogP contribution in [-0.4, -0.2) is 50.3 Å². The van der Waals surface area contributed by atoms with Crippen molar-refractivity contribution in [3.05, 3.63) is 95.6 Å². The van der Waals surface area contributed by atoms with Crippen molar-refractivity contribution in [1.29, 1.82) is 0 Å². The highest BCUT2D eigenvalue weighted by Gasteiger charge is 2.33. The lowest BCUT2D eigenvalue weighted by Gasteiger charge is -2.32. The van der Waals surface area contributed by atoms with Crippen molar-refractivity contribution in [2.45, 2.75) is 69.9 Å². The molecule has 2 amide bonds. The molecule has 3 aromatic carbocycles. The third kappa shape index (κ3) is 7.10. The van der Waals surface area contributed by atoms with E-state index in [2.05, 4.69) is 5.32 Å². The molecule has 1 atom stereocenters. The van der Waals surface area contributed by atoms with Crippen LogP contribution in [-0.2, 0) is 26.0 Å². The van der Waals surface area contributed by atoms with Crippen molar-refractivity contribution < 1.29 is 18.0 Å². The maximum atomic E-state index is 14.0. The molecule has 0 radical (unpaired) electrons. The minimum atomic E-state index is -4.06. The summed E-state index contributed by atoms with van der Waals surface area (Å²) >= 11 is 0. The number of hydrogen-bond donors (Lipinski definition) is 1. The summed E-state index contributed by atoms with van der Waals surface area (Å²) in [5.74, 6) is -0.639. The Balaban J connectivity index is 1.65. The highest BCUT2D eigenvalue weighted by Crippen LogP contribution is 2.26. The summed E-state index contributed by atoms with van der Waals surface area (Å²) in [7, 11) is -4.06. The molecule has 4 rings (SSSR count). The predicted octanol–water partition coefficient (Wildman–Crippen LogP) is 5.02. The van der Waals surface area contributed by atoms with E-state index in [4.69, 9.17) is 0 Å². The number of carbonyl (C=O) groups is 2. The number of anilines is 1. The fourth-order valence-electron chi connectivity index (χ4n) is 5.09. The van der Waals surface area contributed by atoms with Gasteiger partial charge in [-0.3, -0.25) is 13.9 Å². The zero-order chi connectivity index (χ0) is 28.7. The first kappa shape index (κ1) is 29.3. The van der Waals surface area contributed by atoms with Crippen LogP contribution in [0.4, 0.5) is 5.69 Å². The number of sulfonamides is 1. The smallest absolute Gasteiger partial charge is 0.264 e. The molecule has 1 unspecified atom stereocenters. The van der Waals surface area contributed by atoms with E-state index in [-0.39, 0.29) is 23.4 Å². The van der Waals surface area contributed by atoms with E-state index in [1.807, 2.05) is 50.2 Å². The second-order valence-electron chi connectivity index (χ2n) is 10.6. The van der Waals surface area contributed by atoms with Gasteiger partial charge in [0.25, 0.3) is 10.0 Å². The molecule has 0 spiro atoms. The number of rotatable bonds is 11. The highest BCUT2D eigenvalue weighted by molar-refractivity contribution is 7.92. The number of amides is 2. The molecular formula is C32H39N3O4S. The van der Waals surface area contributed by atoms with E-state index in [0.717, 1.165) is 46.7 Å². The first-order valence-electron chi connectivity index (χ1n) is 14.0. The van der Waals surface area contributed by atoms with E-state index in [9.17, 15) is 18.0 Å². The van der Waals surface area contributed by atoms with Gasteiger partial charge in [0, 0.05) is 12.6 Å². The first-order valence-corrected chi connectivity index (χ1v) is 15.4. The molecule has 1 N–H and O–H groups in total. The molecule has 0 bridgehead atoms. The van der Waals surface area contributed by atoms with Gasteiger partial charge in [-0.15, -0.1) is 0 Å². The van der Waals surface area contributed by atoms with Gasteiger partial charge in [0.05, 0.1) is 10.6 Å². The van der Waals surface area contributed by atoms with Crippen LogP contribution in [0.1, 0.15) is 49.3 Å². The van der Waals surface area contributed by atoms with Crippen LogP contribution >= 0.6 is 0 Å². The zero-order valence-electron chi connectivity index (χ0n) is 23.5. The molecule has 0 heterocycles. The number of carbonyl (C=O) groups excluding carboxylic acids is 2. The molecule has 1 saturated carbocycles. The quantitative estimate of drug-likeness (QED) is 0.356. The molecule has 40 heavy (non-hydrogen) atoms. The van der Waals surface area contributed by atoms with Crippen molar-refractivity contribution in [1.82, 2.24) is 10.2 Å². The zero-order valence-corrected chi connectivity index (χ0v) is 24.4. The number of hydrogen-bond acceptors (Lipinski definition) is 4. The van der Waals surface area contributed by atoms with Crippen LogP contribution in [0.3, 0.4) is 0 Å². The predicted molar refractivity (Wildman–Crippen MR) is 159 cm³/mol. The van der Waals surface area contributed by atoms with Crippen LogP contribution in [0.25, 0.3) is 0 Å². The largest absolute Gasteiger partial charge is 0.352 e. The lowest BCUT2D eigenvalue weighted by Crippen LogP contribution is -2.53. The molecule has 3 aromatic rings. The highest BCUT2D eigenvalue weighted by atomic mass is 32.2. The Hall–Kier alpha value is -3.65. The summed E-state index contributed by atoms with van der Waals surface area (Å²) in [6.07, 6.45) is 4.58. The Bertz CT molecular complexity index is 1400. The number of benzene rings is 3. The molecule has 212 valence electrons. The fourth-order valence-corrected chi connectivity index (χ4v) is 6.52. The summed E-state index contributed by atoms with van der Waals surface area (Å²) < 4.78 is 28.9. The van der Waals surface area contributed by atoms with Gasteiger partial charge >= 0.3 is 0 Å². The molecule has 7 nitrogen and oxygen atoms in total. The SMILES string of the molecule is Cc1ccc(N(CC(=O)N(CCc2ccccc2)C(C)C(=O)NC2CCCC2)S(=O)(=O)c2ccccc2)cc1C. The van der Waals surface area contributed by atoms with Crippen LogP contribution in [0, 0.1) is 13.8 Å². The molecule has 1 fully saturated rings. The maximum absolute atomic E-state index is 14.0. The molecule has 0 aliphatic heterocycles. The Kier molecular flexibility index (Phi) is 9.63. The van der Waals surface area contributed by atoms with Gasteiger partial charge in [-0.2, -0.15) is 0 Å². The van der Waals surface area contributed by atoms with Crippen LogP contribution in [0.5, 0.6) is 0 Å². The van der Waals surface area contributed by atoms with Crippen LogP contribution in [0.2, 0.25) is 0 Å². The van der Waals surface area contributed by atoms with Gasteiger partial charge in [-0.1, -0.05) is 67.4 Å². The third-order valence-corrected chi connectivity index (χ3v) is 9.53. The van der Waals surface area contributed by atoms with Crippen LogP contribution in [0.15, 0.2) is 83.8 Å².